The van der Waals surface area contributed by atoms with Crippen molar-refractivity contribution in [1.29, 1.82) is 0 Å². The van der Waals surface area contributed by atoms with Gasteiger partial charge in [-0.3, -0.25) is 4.79 Å². The van der Waals surface area contributed by atoms with E-state index in [2.05, 4.69) is 0 Å². The number of carboxylic acid groups (broad SMARTS) is 1. The zero-order valence-electron chi connectivity index (χ0n) is 8.32. The van der Waals surface area contributed by atoms with Gasteiger partial charge < -0.3 is 9.84 Å². The number of carbonyl (C=O) groups is 1. The van der Waals surface area contributed by atoms with Gasteiger partial charge in [-0.25, -0.2) is 0 Å². The number of fused-ring (bicyclic) bond motifs is 2. The molecule has 3 nitrogen and oxygen atoms in total. The van der Waals surface area contributed by atoms with Gasteiger partial charge in [-0.2, -0.15) is 0 Å². The van der Waals surface area contributed by atoms with Crippen molar-refractivity contribution in [3.63, 3.8) is 0 Å². The molecule has 1 aromatic carbocycles. The molecule has 3 heteroatoms. The smallest absolute Gasteiger partial charge is 0.307 e. The minimum absolute atomic E-state index is 0.0379. The molecule has 1 fully saturated rings. The fraction of sp³-hybridized carbons (Fsp3) is 0.417. The third-order valence-electron chi connectivity index (χ3n) is 3.23. The van der Waals surface area contributed by atoms with Crippen molar-refractivity contribution in [3.05, 3.63) is 34.9 Å². The number of ether oxygens (including phenoxy) is 1. The predicted octanol–water partition coefficient (Wildman–Crippen LogP) is 1.83. The Kier molecular flexibility index (Phi) is 1.68. The van der Waals surface area contributed by atoms with Crippen LogP contribution in [0.5, 0.6) is 0 Å². The maximum Gasteiger partial charge on any atom is 0.307 e. The Morgan fingerprint density at radius 1 is 1.47 bits per heavy atom. The maximum atomic E-state index is 10.6. The molecular weight excluding hydrogens is 192 g/mol. The van der Waals surface area contributed by atoms with Crippen molar-refractivity contribution >= 4 is 5.97 Å². The molecule has 3 rings (SSSR count). The van der Waals surface area contributed by atoms with Crippen LogP contribution in [-0.2, 0) is 28.2 Å². The first kappa shape index (κ1) is 8.92. The van der Waals surface area contributed by atoms with Crippen molar-refractivity contribution in [2.45, 2.75) is 31.5 Å². The SMILES string of the molecule is O=C(O)Cc1ccc2c(c1)C1(CC1)OC2. The van der Waals surface area contributed by atoms with E-state index in [1.807, 2.05) is 18.2 Å². The van der Waals surface area contributed by atoms with Crippen LogP contribution in [-0.4, -0.2) is 11.1 Å². The molecule has 1 N–H and O–H groups in total. The summed E-state index contributed by atoms with van der Waals surface area (Å²) in [6.45, 7) is 0.683. The van der Waals surface area contributed by atoms with E-state index in [1.54, 1.807) is 0 Å². The lowest BCUT2D eigenvalue weighted by atomic mass is 9.99. The average molecular weight is 204 g/mol. The van der Waals surface area contributed by atoms with E-state index < -0.39 is 5.97 Å². The topological polar surface area (TPSA) is 46.5 Å². The Hall–Kier alpha value is -1.35. The van der Waals surface area contributed by atoms with Crippen LogP contribution in [0.15, 0.2) is 18.2 Å². The molecule has 0 aromatic heterocycles. The van der Waals surface area contributed by atoms with E-state index >= 15 is 0 Å². The van der Waals surface area contributed by atoms with Crippen molar-refractivity contribution in [1.82, 2.24) is 0 Å². The van der Waals surface area contributed by atoms with E-state index in [0.717, 1.165) is 18.4 Å². The van der Waals surface area contributed by atoms with Gasteiger partial charge in [-0.15, -0.1) is 0 Å². The van der Waals surface area contributed by atoms with E-state index in [0.29, 0.717) is 6.61 Å². The van der Waals surface area contributed by atoms with Gasteiger partial charge in [0.2, 0.25) is 0 Å². The van der Waals surface area contributed by atoms with Gasteiger partial charge in [0.25, 0.3) is 0 Å². The molecule has 1 aliphatic heterocycles. The highest BCUT2D eigenvalue weighted by molar-refractivity contribution is 5.70. The highest BCUT2D eigenvalue weighted by atomic mass is 16.5. The van der Waals surface area contributed by atoms with Gasteiger partial charge in [0, 0.05) is 0 Å². The number of benzene rings is 1. The van der Waals surface area contributed by atoms with E-state index in [-0.39, 0.29) is 12.0 Å². The van der Waals surface area contributed by atoms with Gasteiger partial charge in [-0.05, 0) is 29.5 Å². The number of rotatable bonds is 2. The first-order valence-corrected chi connectivity index (χ1v) is 5.18. The van der Waals surface area contributed by atoms with Gasteiger partial charge in [-0.1, -0.05) is 18.2 Å². The summed E-state index contributed by atoms with van der Waals surface area (Å²) in [4.78, 5) is 10.6. The van der Waals surface area contributed by atoms with Crippen molar-refractivity contribution in [2.24, 2.45) is 0 Å². The minimum atomic E-state index is -0.779. The van der Waals surface area contributed by atoms with E-state index in [1.165, 1.54) is 11.1 Å². The second kappa shape index (κ2) is 2.83. The standard InChI is InChI=1S/C12H12O3/c13-11(14)6-8-1-2-9-7-15-12(3-4-12)10(9)5-8/h1-2,5H,3-4,6-7H2,(H,13,14). The summed E-state index contributed by atoms with van der Waals surface area (Å²) in [5, 5.41) is 8.73. The van der Waals surface area contributed by atoms with E-state index in [4.69, 9.17) is 9.84 Å². The van der Waals surface area contributed by atoms with E-state index in [9.17, 15) is 4.79 Å². The van der Waals surface area contributed by atoms with Crippen LogP contribution in [0.1, 0.15) is 29.5 Å². The molecule has 1 saturated carbocycles. The monoisotopic (exact) mass is 204 g/mol. The molecule has 0 amide bonds. The lowest BCUT2D eigenvalue weighted by Crippen LogP contribution is -2.05. The third-order valence-corrected chi connectivity index (χ3v) is 3.23. The molecule has 0 atom stereocenters. The Bertz CT molecular complexity index is 432. The molecule has 1 heterocycles. The summed E-state index contributed by atoms with van der Waals surface area (Å²) in [5.74, 6) is -0.779. The van der Waals surface area contributed by atoms with Crippen LogP contribution in [0.3, 0.4) is 0 Å². The molecule has 0 radical (unpaired) electrons. The lowest BCUT2D eigenvalue weighted by Gasteiger charge is -2.08. The number of hydrogen-bond acceptors (Lipinski definition) is 2. The normalized spacial score (nSPS) is 20.3. The third kappa shape index (κ3) is 1.35. The molecule has 1 aliphatic carbocycles. The molecule has 0 unspecified atom stereocenters. The molecule has 15 heavy (non-hydrogen) atoms. The number of aliphatic carboxylic acids is 1. The van der Waals surface area contributed by atoms with Crippen molar-refractivity contribution < 1.29 is 14.6 Å². The molecule has 2 aliphatic rings. The molecule has 0 bridgehead atoms. The van der Waals surface area contributed by atoms with Gasteiger partial charge in [0.15, 0.2) is 0 Å². The number of hydrogen-bond donors (Lipinski definition) is 1. The second-order valence-electron chi connectivity index (χ2n) is 4.34. The summed E-state index contributed by atoms with van der Waals surface area (Å²) in [5.41, 5.74) is 3.28. The summed E-state index contributed by atoms with van der Waals surface area (Å²) < 4.78 is 5.73. The van der Waals surface area contributed by atoms with Gasteiger partial charge >= 0.3 is 5.97 Å². The molecule has 1 spiro atoms. The minimum Gasteiger partial charge on any atom is -0.481 e. The molecule has 0 saturated heterocycles. The number of carboxylic acids is 1. The van der Waals surface area contributed by atoms with Crippen LogP contribution in [0.25, 0.3) is 0 Å². The Labute approximate surface area is 87.7 Å². The molecule has 1 aromatic rings. The lowest BCUT2D eigenvalue weighted by molar-refractivity contribution is -0.136. The highest BCUT2D eigenvalue weighted by Crippen LogP contribution is 2.54. The summed E-state index contributed by atoms with van der Waals surface area (Å²) in [6.07, 6.45) is 2.26. The summed E-state index contributed by atoms with van der Waals surface area (Å²) in [7, 11) is 0. The Morgan fingerprint density at radius 2 is 2.27 bits per heavy atom. The van der Waals surface area contributed by atoms with Crippen LogP contribution in [0, 0.1) is 0 Å². The second-order valence-corrected chi connectivity index (χ2v) is 4.34. The van der Waals surface area contributed by atoms with Crippen LogP contribution >= 0.6 is 0 Å². The fourth-order valence-electron chi connectivity index (χ4n) is 2.28. The Morgan fingerprint density at radius 3 is 2.93 bits per heavy atom. The van der Waals surface area contributed by atoms with Gasteiger partial charge in [0.05, 0.1) is 18.6 Å². The quantitative estimate of drug-likeness (QED) is 0.799. The molecule has 78 valence electrons. The molecular formula is C12H12O3. The van der Waals surface area contributed by atoms with Crippen molar-refractivity contribution in [2.75, 3.05) is 0 Å². The van der Waals surface area contributed by atoms with Crippen LogP contribution < -0.4 is 0 Å². The van der Waals surface area contributed by atoms with Crippen LogP contribution in [0.2, 0.25) is 0 Å². The zero-order chi connectivity index (χ0) is 10.5. The Balaban J connectivity index is 1.98. The van der Waals surface area contributed by atoms with Crippen LogP contribution in [0.4, 0.5) is 0 Å². The zero-order valence-corrected chi connectivity index (χ0v) is 8.32. The predicted molar refractivity (Wildman–Crippen MR) is 53.5 cm³/mol. The largest absolute Gasteiger partial charge is 0.481 e. The van der Waals surface area contributed by atoms with Crippen molar-refractivity contribution in [3.8, 4) is 0 Å². The first-order chi connectivity index (χ1) is 7.20. The highest BCUT2D eigenvalue weighted by Gasteiger charge is 2.50. The van der Waals surface area contributed by atoms with Gasteiger partial charge in [0.1, 0.15) is 0 Å². The first-order valence-electron chi connectivity index (χ1n) is 5.18. The fourth-order valence-corrected chi connectivity index (χ4v) is 2.28. The average Bonchev–Trinajstić information content (AvgIpc) is 2.87. The summed E-state index contributed by atoms with van der Waals surface area (Å²) in [6, 6.07) is 5.89. The maximum absolute atomic E-state index is 10.6. The summed E-state index contributed by atoms with van der Waals surface area (Å²) >= 11 is 0.